The largest absolute Gasteiger partial charge is 0.493 e. The number of benzene rings is 1. The standard InChI is InChI=1S/C17H17N5O3/c1-21-16-12(8-19-21)17(24)22(10-18-16)9-15(23)20-13-6-7-25-14-5-3-2-4-11(13)14/h2-5,8,10,13H,6-7,9H2,1H3,(H,20,23). The van der Waals surface area contributed by atoms with Crippen molar-refractivity contribution in [3.05, 3.63) is 52.7 Å². The quantitative estimate of drug-likeness (QED) is 0.761. The first-order valence-corrected chi connectivity index (χ1v) is 8.02. The molecule has 0 radical (unpaired) electrons. The monoisotopic (exact) mass is 339 g/mol. The number of aryl methyl sites for hydroxylation is 1. The Kier molecular flexibility index (Phi) is 3.72. The third-order valence-electron chi connectivity index (χ3n) is 4.33. The topological polar surface area (TPSA) is 91.0 Å². The summed E-state index contributed by atoms with van der Waals surface area (Å²) in [6.45, 7) is 0.460. The zero-order valence-corrected chi connectivity index (χ0v) is 13.7. The van der Waals surface area contributed by atoms with Crippen LogP contribution in [0.3, 0.4) is 0 Å². The SMILES string of the molecule is Cn1ncc2c(=O)n(CC(=O)NC3CCOc4ccccc43)cnc21. The van der Waals surface area contributed by atoms with Crippen molar-refractivity contribution in [2.75, 3.05) is 6.61 Å². The number of carbonyl (C=O) groups is 1. The van der Waals surface area contributed by atoms with Crippen molar-refractivity contribution in [3.8, 4) is 5.75 Å². The molecule has 128 valence electrons. The number of hydrogen-bond donors (Lipinski definition) is 1. The van der Waals surface area contributed by atoms with Crippen molar-refractivity contribution in [3.63, 3.8) is 0 Å². The molecule has 1 atom stereocenters. The Hall–Kier alpha value is -3.16. The van der Waals surface area contributed by atoms with Crippen molar-refractivity contribution in [2.24, 2.45) is 7.05 Å². The minimum Gasteiger partial charge on any atom is -0.493 e. The number of rotatable bonds is 3. The first-order valence-electron chi connectivity index (χ1n) is 8.02. The Morgan fingerprint density at radius 2 is 2.24 bits per heavy atom. The van der Waals surface area contributed by atoms with Gasteiger partial charge in [0.05, 0.1) is 18.8 Å². The Balaban J connectivity index is 1.54. The lowest BCUT2D eigenvalue weighted by Gasteiger charge is -2.26. The highest BCUT2D eigenvalue weighted by Gasteiger charge is 2.23. The molecule has 2 aromatic heterocycles. The molecular weight excluding hydrogens is 322 g/mol. The molecule has 0 bridgehead atoms. The zero-order valence-electron chi connectivity index (χ0n) is 13.7. The number of nitrogens with one attached hydrogen (secondary N) is 1. The summed E-state index contributed by atoms with van der Waals surface area (Å²) in [6.07, 6.45) is 3.54. The van der Waals surface area contributed by atoms with E-state index in [0.717, 1.165) is 11.3 Å². The van der Waals surface area contributed by atoms with E-state index in [4.69, 9.17) is 4.74 Å². The van der Waals surface area contributed by atoms with Gasteiger partial charge in [-0.1, -0.05) is 18.2 Å². The summed E-state index contributed by atoms with van der Waals surface area (Å²) >= 11 is 0. The highest BCUT2D eigenvalue weighted by Crippen LogP contribution is 2.31. The molecule has 1 aliphatic heterocycles. The third kappa shape index (κ3) is 2.75. The Morgan fingerprint density at radius 1 is 1.40 bits per heavy atom. The highest BCUT2D eigenvalue weighted by atomic mass is 16.5. The van der Waals surface area contributed by atoms with Gasteiger partial charge < -0.3 is 10.1 Å². The van der Waals surface area contributed by atoms with E-state index in [9.17, 15) is 9.59 Å². The number of fused-ring (bicyclic) bond motifs is 2. The predicted octanol–water partition coefficient (Wildman–Crippen LogP) is 0.770. The van der Waals surface area contributed by atoms with Gasteiger partial charge in [0.25, 0.3) is 5.56 Å². The van der Waals surface area contributed by atoms with Crippen LogP contribution in [-0.4, -0.2) is 31.8 Å². The Bertz CT molecular complexity index is 1010. The van der Waals surface area contributed by atoms with Crippen molar-refractivity contribution in [2.45, 2.75) is 19.0 Å². The molecule has 0 saturated carbocycles. The molecule has 1 aliphatic rings. The second-order valence-corrected chi connectivity index (χ2v) is 5.98. The molecule has 1 N–H and O–H groups in total. The van der Waals surface area contributed by atoms with Gasteiger partial charge in [-0.25, -0.2) is 4.98 Å². The molecule has 1 unspecified atom stereocenters. The predicted molar refractivity (Wildman–Crippen MR) is 90.2 cm³/mol. The second kappa shape index (κ2) is 6.04. The maximum absolute atomic E-state index is 12.4. The number of carbonyl (C=O) groups excluding carboxylic acids is 1. The maximum atomic E-state index is 12.4. The zero-order chi connectivity index (χ0) is 17.4. The summed E-state index contributed by atoms with van der Waals surface area (Å²) in [5.74, 6) is 0.545. The third-order valence-corrected chi connectivity index (χ3v) is 4.33. The average molecular weight is 339 g/mol. The summed E-state index contributed by atoms with van der Waals surface area (Å²) in [5.41, 5.74) is 1.18. The van der Waals surface area contributed by atoms with E-state index in [2.05, 4.69) is 15.4 Å². The van der Waals surface area contributed by atoms with Crippen molar-refractivity contribution in [1.29, 1.82) is 0 Å². The first-order chi connectivity index (χ1) is 12.1. The van der Waals surface area contributed by atoms with Gasteiger partial charge in [0, 0.05) is 19.0 Å². The van der Waals surface area contributed by atoms with Gasteiger partial charge in [-0.2, -0.15) is 5.10 Å². The van der Waals surface area contributed by atoms with Crippen molar-refractivity contribution in [1.82, 2.24) is 24.6 Å². The van der Waals surface area contributed by atoms with E-state index in [-0.39, 0.29) is 24.1 Å². The molecule has 3 heterocycles. The second-order valence-electron chi connectivity index (χ2n) is 5.98. The van der Waals surface area contributed by atoms with E-state index in [1.165, 1.54) is 21.8 Å². The molecule has 0 saturated heterocycles. The van der Waals surface area contributed by atoms with Crippen LogP contribution < -0.4 is 15.6 Å². The number of para-hydroxylation sites is 1. The molecule has 0 spiro atoms. The summed E-state index contributed by atoms with van der Waals surface area (Å²) in [4.78, 5) is 29.1. The number of ether oxygens (including phenoxy) is 1. The molecule has 0 aliphatic carbocycles. The first kappa shape index (κ1) is 15.4. The molecule has 1 aromatic carbocycles. The number of aromatic nitrogens is 4. The Morgan fingerprint density at radius 3 is 3.12 bits per heavy atom. The van der Waals surface area contributed by atoms with Crippen LogP contribution in [0.25, 0.3) is 11.0 Å². The van der Waals surface area contributed by atoms with Gasteiger partial charge >= 0.3 is 0 Å². The fraction of sp³-hybridized carbons (Fsp3) is 0.294. The van der Waals surface area contributed by atoms with Gasteiger partial charge in [-0.05, 0) is 6.07 Å². The lowest BCUT2D eigenvalue weighted by molar-refractivity contribution is -0.122. The van der Waals surface area contributed by atoms with Crippen LogP contribution >= 0.6 is 0 Å². The molecule has 0 fully saturated rings. The van der Waals surface area contributed by atoms with Crippen LogP contribution in [0, 0.1) is 0 Å². The number of amides is 1. The normalized spacial score (nSPS) is 16.3. The molecule has 8 heteroatoms. The van der Waals surface area contributed by atoms with Gasteiger partial charge in [-0.3, -0.25) is 18.8 Å². The molecular formula is C17H17N5O3. The van der Waals surface area contributed by atoms with E-state index >= 15 is 0 Å². The summed E-state index contributed by atoms with van der Waals surface area (Å²) in [5, 5.41) is 7.40. The van der Waals surface area contributed by atoms with Crippen LogP contribution in [0.2, 0.25) is 0 Å². The molecule has 3 aromatic rings. The lowest BCUT2D eigenvalue weighted by Crippen LogP contribution is -2.36. The smallest absolute Gasteiger partial charge is 0.264 e. The Labute approximate surface area is 143 Å². The van der Waals surface area contributed by atoms with E-state index in [0.29, 0.717) is 24.1 Å². The highest BCUT2D eigenvalue weighted by molar-refractivity contribution is 5.77. The van der Waals surface area contributed by atoms with Gasteiger partial charge in [0.15, 0.2) is 5.65 Å². The van der Waals surface area contributed by atoms with Crippen LogP contribution in [0.15, 0.2) is 41.6 Å². The lowest BCUT2D eigenvalue weighted by atomic mass is 10.0. The van der Waals surface area contributed by atoms with Gasteiger partial charge in [0.2, 0.25) is 5.91 Å². The maximum Gasteiger partial charge on any atom is 0.264 e. The van der Waals surface area contributed by atoms with Gasteiger partial charge in [-0.15, -0.1) is 0 Å². The number of hydrogen-bond acceptors (Lipinski definition) is 5. The fourth-order valence-electron chi connectivity index (χ4n) is 3.07. The summed E-state index contributed by atoms with van der Waals surface area (Å²) < 4.78 is 8.42. The molecule has 25 heavy (non-hydrogen) atoms. The van der Waals surface area contributed by atoms with E-state index < -0.39 is 0 Å². The molecule has 4 rings (SSSR count). The van der Waals surface area contributed by atoms with Crippen LogP contribution in [0.5, 0.6) is 5.75 Å². The van der Waals surface area contributed by atoms with Crippen molar-refractivity contribution < 1.29 is 9.53 Å². The average Bonchev–Trinajstić information content (AvgIpc) is 2.99. The van der Waals surface area contributed by atoms with E-state index in [1.54, 1.807) is 7.05 Å². The van der Waals surface area contributed by atoms with Crippen molar-refractivity contribution >= 4 is 16.9 Å². The fourth-order valence-corrected chi connectivity index (χ4v) is 3.07. The summed E-state index contributed by atoms with van der Waals surface area (Å²) in [7, 11) is 1.72. The molecule has 1 amide bonds. The van der Waals surface area contributed by atoms with Crippen LogP contribution in [0.4, 0.5) is 0 Å². The minimum absolute atomic E-state index is 0.0871. The van der Waals surface area contributed by atoms with Gasteiger partial charge in [0.1, 0.15) is 24.0 Å². The number of nitrogens with zero attached hydrogens (tertiary/aromatic N) is 4. The van der Waals surface area contributed by atoms with Crippen LogP contribution in [0.1, 0.15) is 18.0 Å². The molecule has 8 nitrogen and oxygen atoms in total. The van der Waals surface area contributed by atoms with E-state index in [1.807, 2.05) is 24.3 Å². The summed E-state index contributed by atoms with van der Waals surface area (Å²) in [6, 6.07) is 7.52. The van der Waals surface area contributed by atoms with Crippen LogP contribution in [-0.2, 0) is 18.4 Å². The minimum atomic E-state index is -0.277.